The van der Waals surface area contributed by atoms with Gasteiger partial charge in [0, 0.05) is 42.1 Å². The minimum Gasteiger partial charge on any atom is -0.457 e. The summed E-state index contributed by atoms with van der Waals surface area (Å²) in [6.45, 7) is 7.51. The van der Waals surface area contributed by atoms with Gasteiger partial charge in [0.2, 0.25) is 5.78 Å². The number of aliphatic hydroxyl groups is 1. The van der Waals surface area contributed by atoms with Crippen molar-refractivity contribution in [2.45, 2.75) is 84.1 Å². The van der Waals surface area contributed by atoms with Gasteiger partial charge in [-0.05, 0) is 37.8 Å². The summed E-state index contributed by atoms with van der Waals surface area (Å²) < 4.78 is 28.4. The van der Waals surface area contributed by atoms with Gasteiger partial charge >= 0.3 is 11.9 Å². The number of allylic oxidation sites excluding steroid dienone is 4. The number of carbonyl (C=O) groups excluding carboxylic acids is 5. The molecule has 4 aliphatic carbocycles. The quantitative estimate of drug-likeness (QED) is 0.532. The van der Waals surface area contributed by atoms with Crippen molar-refractivity contribution in [3.05, 3.63) is 23.8 Å². The molecule has 0 aromatic carbocycles. The smallest absolute Gasteiger partial charge is 0.306 e. The molecular weight excluding hydrogens is 483 g/mol. The monoisotopic (exact) mass is 518 g/mol. The Bertz CT molecular complexity index is 1130. The van der Waals surface area contributed by atoms with Gasteiger partial charge in [-0.1, -0.05) is 33.8 Å². The van der Waals surface area contributed by atoms with Crippen LogP contribution in [0.15, 0.2) is 23.8 Å². The summed E-state index contributed by atoms with van der Waals surface area (Å²) in [6.07, 6.45) is 1.94. The molecule has 9 heteroatoms. The summed E-state index contributed by atoms with van der Waals surface area (Å²) in [5.74, 6) is -4.84. The highest BCUT2D eigenvalue weighted by Gasteiger charge is 2.78. The van der Waals surface area contributed by atoms with Crippen LogP contribution in [0.1, 0.15) is 66.7 Å². The van der Waals surface area contributed by atoms with Crippen molar-refractivity contribution in [1.29, 1.82) is 0 Å². The van der Waals surface area contributed by atoms with Crippen molar-refractivity contribution in [2.24, 2.45) is 28.6 Å². The number of fused-ring (bicyclic) bond motifs is 5. The van der Waals surface area contributed by atoms with E-state index in [1.165, 1.54) is 19.1 Å². The van der Waals surface area contributed by atoms with Crippen LogP contribution in [0.25, 0.3) is 0 Å². The van der Waals surface area contributed by atoms with E-state index in [4.69, 9.17) is 9.47 Å². The molecule has 8 nitrogen and oxygen atoms in total. The van der Waals surface area contributed by atoms with Crippen LogP contribution in [0.2, 0.25) is 0 Å². The number of alkyl halides is 1. The Kier molecular flexibility index (Phi) is 6.63. The number of rotatable bonds is 6. The van der Waals surface area contributed by atoms with Gasteiger partial charge < -0.3 is 14.6 Å². The molecule has 0 aromatic rings. The second-order valence-electron chi connectivity index (χ2n) is 11.4. The molecule has 0 spiro atoms. The maximum absolute atomic E-state index is 17.4. The van der Waals surface area contributed by atoms with Crippen molar-refractivity contribution >= 4 is 29.3 Å². The molecule has 4 aliphatic rings. The number of Topliss-reactive ketones (excluding diaryl/α,β-unsaturated/α-hetero) is 2. The van der Waals surface area contributed by atoms with Gasteiger partial charge in [0.1, 0.15) is 0 Å². The SMILES string of the molecule is CCC(=O)OCC(=O)[C@]1(OC(=O)CC)[C@@H](C)C[C@H]2[C@@H]3CC(=O)C4=CC(=O)C=C[C@]4(C)[C@@]3(F)[C@@H](O)C[C@@]21C. The van der Waals surface area contributed by atoms with Crippen LogP contribution >= 0.6 is 0 Å². The van der Waals surface area contributed by atoms with E-state index in [-0.39, 0.29) is 43.5 Å². The first-order valence-corrected chi connectivity index (χ1v) is 13.0. The van der Waals surface area contributed by atoms with Crippen LogP contribution in [0.5, 0.6) is 0 Å². The average Bonchev–Trinajstić information content (AvgIpc) is 3.07. The van der Waals surface area contributed by atoms with Crippen molar-refractivity contribution in [3.8, 4) is 0 Å². The number of aliphatic hydroxyl groups excluding tert-OH is 1. The third-order valence-electron chi connectivity index (χ3n) is 9.66. The number of halogens is 1. The Balaban J connectivity index is 1.84. The summed E-state index contributed by atoms with van der Waals surface area (Å²) in [5.41, 5.74) is -6.80. The molecule has 0 saturated heterocycles. The van der Waals surface area contributed by atoms with E-state index < -0.39 is 76.1 Å². The van der Waals surface area contributed by atoms with Crippen LogP contribution in [0.3, 0.4) is 0 Å². The Hall–Kier alpha value is -2.68. The highest BCUT2D eigenvalue weighted by Crippen LogP contribution is 2.71. The van der Waals surface area contributed by atoms with Gasteiger partial charge in [-0.2, -0.15) is 0 Å². The third kappa shape index (κ3) is 3.52. The Morgan fingerprint density at radius 1 is 1.11 bits per heavy atom. The predicted molar refractivity (Wildman–Crippen MR) is 129 cm³/mol. The molecule has 0 bridgehead atoms. The standard InChI is InChI=1S/C28H35FO8/c1-6-23(34)36-14-22(33)28(37-24(35)7-2)15(3)10-17-18-12-20(31)19-11-16(30)8-9-25(19,4)27(18,29)21(32)13-26(17,28)5/h8-9,11,15,17-18,21,32H,6-7,10,12-14H2,1-5H3/t15-,17-,18-,21-,25-,26-,27-,28+/m0/s1. The number of carbonyl (C=O) groups is 5. The van der Waals surface area contributed by atoms with Gasteiger partial charge in [-0.15, -0.1) is 0 Å². The summed E-state index contributed by atoms with van der Waals surface area (Å²) in [7, 11) is 0. The molecule has 0 radical (unpaired) electrons. The van der Waals surface area contributed by atoms with Crippen molar-refractivity contribution in [3.63, 3.8) is 0 Å². The molecule has 8 atom stereocenters. The zero-order chi connectivity index (χ0) is 27.6. The fourth-order valence-corrected chi connectivity index (χ4v) is 7.84. The van der Waals surface area contributed by atoms with E-state index in [0.717, 1.165) is 6.08 Å². The zero-order valence-electron chi connectivity index (χ0n) is 22.0. The molecule has 0 heterocycles. The second kappa shape index (κ2) is 8.96. The van der Waals surface area contributed by atoms with Gasteiger partial charge in [-0.25, -0.2) is 4.39 Å². The summed E-state index contributed by atoms with van der Waals surface area (Å²) in [5, 5.41) is 11.5. The lowest BCUT2D eigenvalue weighted by atomic mass is 9.44. The molecule has 0 aliphatic heterocycles. The molecule has 202 valence electrons. The molecular formula is C28H35FO8. The van der Waals surface area contributed by atoms with Crippen molar-refractivity contribution < 1.29 is 42.9 Å². The molecule has 0 unspecified atom stereocenters. The molecule has 1 N–H and O–H groups in total. The summed E-state index contributed by atoms with van der Waals surface area (Å²) in [4.78, 5) is 63.6. The van der Waals surface area contributed by atoms with Gasteiger partial charge in [0.15, 0.2) is 29.4 Å². The lowest BCUT2D eigenvalue weighted by Crippen LogP contribution is -2.71. The van der Waals surface area contributed by atoms with Crippen molar-refractivity contribution in [1.82, 2.24) is 0 Å². The molecule has 0 aromatic heterocycles. The average molecular weight is 519 g/mol. The number of hydrogen-bond donors (Lipinski definition) is 1. The van der Waals surface area contributed by atoms with Crippen LogP contribution in [-0.4, -0.2) is 58.4 Å². The summed E-state index contributed by atoms with van der Waals surface area (Å²) >= 11 is 0. The zero-order valence-corrected chi connectivity index (χ0v) is 22.0. The number of ketones is 3. The maximum atomic E-state index is 17.4. The van der Waals surface area contributed by atoms with E-state index >= 15 is 4.39 Å². The molecule has 3 fully saturated rings. The Morgan fingerprint density at radius 2 is 1.76 bits per heavy atom. The predicted octanol–water partition coefficient (Wildman–Crippen LogP) is 3.00. The maximum Gasteiger partial charge on any atom is 0.306 e. The first-order valence-electron chi connectivity index (χ1n) is 13.0. The van der Waals surface area contributed by atoms with Gasteiger partial charge in [-0.3, -0.25) is 24.0 Å². The van der Waals surface area contributed by atoms with E-state index in [1.54, 1.807) is 27.7 Å². The van der Waals surface area contributed by atoms with E-state index in [0.29, 0.717) is 0 Å². The molecule has 0 amide bonds. The van der Waals surface area contributed by atoms with Crippen molar-refractivity contribution in [2.75, 3.05) is 6.61 Å². The number of ether oxygens (including phenoxy) is 2. The van der Waals surface area contributed by atoms with Gasteiger partial charge in [0.05, 0.1) is 11.5 Å². The second-order valence-corrected chi connectivity index (χ2v) is 11.4. The molecule has 37 heavy (non-hydrogen) atoms. The van der Waals surface area contributed by atoms with E-state index in [9.17, 15) is 29.1 Å². The largest absolute Gasteiger partial charge is 0.457 e. The highest BCUT2D eigenvalue weighted by atomic mass is 19.1. The van der Waals surface area contributed by atoms with Crippen LogP contribution in [0.4, 0.5) is 4.39 Å². The minimum atomic E-state index is -2.30. The fourth-order valence-electron chi connectivity index (χ4n) is 7.84. The fraction of sp³-hybridized carbons (Fsp3) is 0.679. The third-order valence-corrected chi connectivity index (χ3v) is 9.66. The van der Waals surface area contributed by atoms with E-state index in [2.05, 4.69) is 0 Å². The van der Waals surface area contributed by atoms with Crippen LogP contribution < -0.4 is 0 Å². The lowest BCUT2D eigenvalue weighted by Gasteiger charge is -2.62. The topological polar surface area (TPSA) is 124 Å². The summed E-state index contributed by atoms with van der Waals surface area (Å²) in [6, 6.07) is 0. The number of hydrogen-bond acceptors (Lipinski definition) is 8. The molecule has 4 rings (SSSR count). The Morgan fingerprint density at radius 3 is 2.38 bits per heavy atom. The lowest BCUT2D eigenvalue weighted by molar-refractivity contribution is -0.227. The molecule has 3 saturated carbocycles. The first kappa shape index (κ1) is 27.4. The van der Waals surface area contributed by atoms with Crippen LogP contribution in [0, 0.1) is 28.6 Å². The minimum absolute atomic E-state index is 0.0141. The number of esters is 2. The highest BCUT2D eigenvalue weighted by molar-refractivity contribution is 6.10. The van der Waals surface area contributed by atoms with Gasteiger partial charge in [0.25, 0.3) is 0 Å². The normalized spacial score (nSPS) is 42.3. The van der Waals surface area contributed by atoms with Crippen LogP contribution in [-0.2, 0) is 33.4 Å². The Labute approximate surface area is 215 Å². The first-order chi connectivity index (χ1) is 17.2. The van der Waals surface area contributed by atoms with E-state index in [1.807, 2.05) is 0 Å².